The summed E-state index contributed by atoms with van der Waals surface area (Å²) in [4.78, 5) is 21.9. The van der Waals surface area contributed by atoms with E-state index < -0.39 is 28.2 Å². The number of nitro groups is 1. The Labute approximate surface area is 125 Å². The van der Waals surface area contributed by atoms with E-state index in [0.717, 1.165) is 18.2 Å². The average Bonchev–Trinajstić information content (AvgIpc) is 2.40. The first-order valence-corrected chi connectivity index (χ1v) is 6.38. The van der Waals surface area contributed by atoms with Gasteiger partial charge in [-0.1, -0.05) is 15.9 Å². The number of nitrogens with zero attached hydrogens (tertiary/aromatic N) is 1. The van der Waals surface area contributed by atoms with Gasteiger partial charge in [-0.05, 0) is 30.3 Å². The highest BCUT2D eigenvalue weighted by Gasteiger charge is 2.19. The van der Waals surface area contributed by atoms with E-state index in [1.165, 1.54) is 12.1 Å². The number of anilines is 1. The summed E-state index contributed by atoms with van der Waals surface area (Å²) in [6.07, 6.45) is 0. The molecule has 0 atom stereocenters. The van der Waals surface area contributed by atoms with Gasteiger partial charge in [-0.3, -0.25) is 14.9 Å². The number of amides is 1. The van der Waals surface area contributed by atoms with Crippen LogP contribution in [0.5, 0.6) is 0 Å². The number of nitrogens with one attached hydrogen (secondary N) is 1. The largest absolute Gasteiger partial charge is 0.316 e. The van der Waals surface area contributed by atoms with Crippen LogP contribution in [-0.4, -0.2) is 10.8 Å². The molecule has 1 amide bonds. The zero-order chi connectivity index (χ0) is 15.6. The minimum absolute atomic E-state index is 0.214. The van der Waals surface area contributed by atoms with Crippen LogP contribution >= 0.6 is 15.9 Å². The molecule has 0 aromatic heterocycles. The van der Waals surface area contributed by atoms with Crippen molar-refractivity contribution in [2.24, 2.45) is 0 Å². The normalized spacial score (nSPS) is 10.2. The number of halogens is 3. The van der Waals surface area contributed by atoms with Crippen LogP contribution in [-0.2, 0) is 0 Å². The van der Waals surface area contributed by atoms with Crippen LogP contribution in [0.15, 0.2) is 40.9 Å². The topological polar surface area (TPSA) is 72.2 Å². The number of nitro benzene ring substituents is 1. The van der Waals surface area contributed by atoms with Gasteiger partial charge >= 0.3 is 0 Å². The van der Waals surface area contributed by atoms with Crippen LogP contribution in [0, 0.1) is 21.7 Å². The Kier molecular flexibility index (Phi) is 4.27. The van der Waals surface area contributed by atoms with Gasteiger partial charge in [0, 0.05) is 4.47 Å². The quantitative estimate of drug-likeness (QED) is 0.669. The molecule has 0 unspecified atom stereocenters. The van der Waals surface area contributed by atoms with Gasteiger partial charge in [0.05, 0.1) is 16.6 Å². The molecule has 8 heteroatoms. The lowest BCUT2D eigenvalue weighted by Gasteiger charge is -2.07. The molecule has 0 aliphatic rings. The minimum Gasteiger partial charge on any atom is -0.316 e. The summed E-state index contributed by atoms with van der Waals surface area (Å²) in [5.41, 5.74) is -1.11. The monoisotopic (exact) mass is 356 g/mol. The number of carbonyl (C=O) groups is 1. The van der Waals surface area contributed by atoms with Crippen molar-refractivity contribution in [3.05, 3.63) is 68.2 Å². The first kappa shape index (κ1) is 15.0. The van der Waals surface area contributed by atoms with E-state index in [1.54, 1.807) is 0 Å². The third-order valence-corrected chi connectivity index (χ3v) is 3.07. The fraction of sp³-hybridized carbons (Fsp3) is 0. The van der Waals surface area contributed by atoms with Crippen molar-refractivity contribution in [2.75, 3.05) is 5.32 Å². The zero-order valence-corrected chi connectivity index (χ0v) is 11.9. The molecule has 0 radical (unpaired) electrons. The predicted molar refractivity (Wildman–Crippen MR) is 75.1 cm³/mol. The second-order valence-corrected chi connectivity index (χ2v) is 4.91. The van der Waals surface area contributed by atoms with Crippen molar-refractivity contribution in [1.82, 2.24) is 0 Å². The highest BCUT2D eigenvalue weighted by Crippen LogP contribution is 2.26. The summed E-state index contributed by atoms with van der Waals surface area (Å²) >= 11 is 3.05. The van der Waals surface area contributed by atoms with Crippen molar-refractivity contribution in [3.8, 4) is 0 Å². The van der Waals surface area contributed by atoms with E-state index in [-0.39, 0.29) is 11.3 Å². The van der Waals surface area contributed by atoms with E-state index in [0.29, 0.717) is 10.5 Å². The maximum absolute atomic E-state index is 13.6. The van der Waals surface area contributed by atoms with Gasteiger partial charge in [0.1, 0.15) is 17.3 Å². The van der Waals surface area contributed by atoms with Crippen LogP contribution < -0.4 is 5.32 Å². The SMILES string of the molecule is O=C(Nc1ccc(F)cc1[N+](=O)[O-])c1ccc(Br)cc1F. The molecule has 0 heterocycles. The first-order chi connectivity index (χ1) is 9.88. The smallest absolute Gasteiger partial charge is 0.295 e. The molecule has 2 aromatic carbocycles. The second kappa shape index (κ2) is 5.96. The minimum atomic E-state index is -0.866. The zero-order valence-electron chi connectivity index (χ0n) is 10.3. The van der Waals surface area contributed by atoms with Gasteiger partial charge in [-0.15, -0.1) is 0 Å². The number of hydrogen-bond acceptors (Lipinski definition) is 3. The van der Waals surface area contributed by atoms with Crippen LogP contribution in [0.1, 0.15) is 10.4 Å². The molecule has 0 aliphatic heterocycles. The molecule has 0 spiro atoms. The Bertz CT molecular complexity index is 737. The highest BCUT2D eigenvalue weighted by atomic mass is 79.9. The summed E-state index contributed by atoms with van der Waals surface area (Å²) in [6.45, 7) is 0. The summed E-state index contributed by atoms with van der Waals surface area (Å²) < 4.78 is 27.1. The Morgan fingerprint density at radius 2 is 1.90 bits per heavy atom. The molecule has 108 valence electrons. The van der Waals surface area contributed by atoms with E-state index in [1.807, 2.05) is 0 Å². The predicted octanol–water partition coefficient (Wildman–Crippen LogP) is 3.89. The van der Waals surface area contributed by atoms with Crippen molar-refractivity contribution in [3.63, 3.8) is 0 Å². The van der Waals surface area contributed by atoms with Crippen LogP contribution in [0.25, 0.3) is 0 Å². The van der Waals surface area contributed by atoms with Crippen molar-refractivity contribution < 1.29 is 18.5 Å². The highest BCUT2D eigenvalue weighted by molar-refractivity contribution is 9.10. The molecule has 0 saturated carbocycles. The van der Waals surface area contributed by atoms with E-state index in [2.05, 4.69) is 21.2 Å². The number of hydrogen-bond donors (Lipinski definition) is 1. The summed E-state index contributed by atoms with van der Waals surface area (Å²) in [5, 5.41) is 13.0. The Morgan fingerprint density at radius 3 is 2.52 bits per heavy atom. The lowest BCUT2D eigenvalue weighted by molar-refractivity contribution is -0.384. The maximum Gasteiger partial charge on any atom is 0.295 e. The van der Waals surface area contributed by atoms with Crippen LogP contribution in [0.2, 0.25) is 0 Å². The summed E-state index contributed by atoms with van der Waals surface area (Å²) in [5.74, 6) is -2.46. The van der Waals surface area contributed by atoms with Crippen molar-refractivity contribution in [1.29, 1.82) is 0 Å². The van der Waals surface area contributed by atoms with Gasteiger partial charge in [0.2, 0.25) is 0 Å². The summed E-state index contributed by atoms with van der Waals surface area (Å²) in [7, 11) is 0. The third kappa shape index (κ3) is 3.40. The van der Waals surface area contributed by atoms with Crippen molar-refractivity contribution in [2.45, 2.75) is 0 Å². The maximum atomic E-state index is 13.6. The standard InChI is InChI=1S/C13H7BrF2N2O3/c14-7-1-3-9(10(16)5-7)13(19)17-11-4-2-8(15)6-12(11)18(20)21/h1-6H,(H,17,19). The molecule has 2 aromatic rings. The van der Waals surface area contributed by atoms with Gasteiger partial charge in [-0.2, -0.15) is 0 Å². The van der Waals surface area contributed by atoms with Gasteiger partial charge in [-0.25, -0.2) is 8.78 Å². The van der Waals surface area contributed by atoms with E-state index in [9.17, 15) is 23.7 Å². The number of rotatable bonds is 3. The molecule has 21 heavy (non-hydrogen) atoms. The molecule has 1 N–H and O–H groups in total. The molecule has 0 fully saturated rings. The molecule has 0 bridgehead atoms. The molecule has 5 nitrogen and oxygen atoms in total. The molecule has 0 aliphatic carbocycles. The van der Waals surface area contributed by atoms with Crippen LogP contribution in [0.3, 0.4) is 0 Å². The van der Waals surface area contributed by atoms with Gasteiger partial charge < -0.3 is 5.32 Å². The van der Waals surface area contributed by atoms with Crippen LogP contribution in [0.4, 0.5) is 20.2 Å². The molecular weight excluding hydrogens is 350 g/mol. The lowest BCUT2D eigenvalue weighted by atomic mass is 10.2. The van der Waals surface area contributed by atoms with Gasteiger partial charge in [0.15, 0.2) is 0 Å². The van der Waals surface area contributed by atoms with Crippen molar-refractivity contribution >= 4 is 33.2 Å². The lowest BCUT2D eigenvalue weighted by Crippen LogP contribution is -2.14. The second-order valence-electron chi connectivity index (χ2n) is 4.00. The Morgan fingerprint density at radius 1 is 1.19 bits per heavy atom. The fourth-order valence-corrected chi connectivity index (χ4v) is 1.96. The number of benzene rings is 2. The fourth-order valence-electron chi connectivity index (χ4n) is 1.62. The third-order valence-electron chi connectivity index (χ3n) is 2.58. The summed E-state index contributed by atoms with van der Waals surface area (Å²) in [6, 6.07) is 6.45. The number of carbonyl (C=O) groups excluding carboxylic acids is 1. The molecule has 0 saturated heterocycles. The molecular formula is C13H7BrF2N2O3. The Balaban J connectivity index is 2.34. The molecule has 2 rings (SSSR count). The van der Waals surface area contributed by atoms with Gasteiger partial charge in [0.25, 0.3) is 11.6 Å². The first-order valence-electron chi connectivity index (χ1n) is 5.59. The van der Waals surface area contributed by atoms with E-state index >= 15 is 0 Å². The average molecular weight is 357 g/mol. The van der Waals surface area contributed by atoms with E-state index in [4.69, 9.17) is 0 Å². The Hall–Kier alpha value is -2.35.